The van der Waals surface area contributed by atoms with Crippen molar-refractivity contribution in [3.63, 3.8) is 0 Å². The van der Waals surface area contributed by atoms with Crippen LogP contribution in [0.1, 0.15) is 42.6 Å². The molecule has 0 unspecified atom stereocenters. The van der Waals surface area contributed by atoms with E-state index in [-0.39, 0.29) is 0 Å². The van der Waals surface area contributed by atoms with Gasteiger partial charge in [0.15, 0.2) is 5.69 Å². The van der Waals surface area contributed by atoms with Crippen LogP contribution in [0.2, 0.25) is 0 Å². The van der Waals surface area contributed by atoms with Crippen molar-refractivity contribution in [1.29, 1.82) is 5.26 Å². The molecular formula is C14H14N4. The highest BCUT2D eigenvalue weighted by atomic mass is 15.4. The van der Waals surface area contributed by atoms with E-state index >= 15 is 0 Å². The zero-order valence-electron chi connectivity index (χ0n) is 10.3. The molecule has 3 rings (SSSR count). The highest BCUT2D eigenvalue weighted by molar-refractivity contribution is 5.40. The van der Waals surface area contributed by atoms with Gasteiger partial charge in [-0.2, -0.15) is 5.26 Å². The lowest BCUT2D eigenvalue weighted by Crippen LogP contribution is -2.02. The van der Waals surface area contributed by atoms with Gasteiger partial charge in [0.2, 0.25) is 0 Å². The van der Waals surface area contributed by atoms with Crippen molar-refractivity contribution in [2.24, 2.45) is 0 Å². The number of nitrogens with zero attached hydrogens (tertiary/aromatic N) is 4. The lowest BCUT2D eigenvalue weighted by molar-refractivity contribution is 0.763. The standard InChI is InChI=1S/C14H14N4/c1-2-10-3-7-12(8-4-10)18-14(11-5-6-11)13(9-15)16-17-18/h3-4,7-8,11H,2,5-6H2,1H3. The molecule has 1 fully saturated rings. The molecule has 1 heterocycles. The number of aryl methyl sites for hydroxylation is 1. The van der Waals surface area contributed by atoms with Gasteiger partial charge in [0.05, 0.1) is 11.4 Å². The first kappa shape index (κ1) is 11.0. The van der Waals surface area contributed by atoms with E-state index in [0.29, 0.717) is 11.6 Å². The minimum Gasteiger partial charge on any atom is -0.216 e. The first-order valence-electron chi connectivity index (χ1n) is 6.28. The van der Waals surface area contributed by atoms with E-state index in [9.17, 15) is 0 Å². The second-order valence-electron chi connectivity index (χ2n) is 4.64. The fraction of sp³-hybridized carbons (Fsp3) is 0.357. The van der Waals surface area contributed by atoms with Gasteiger partial charge >= 0.3 is 0 Å². The van der Waals surface area contributed by atoms with Gasteiger partial charge in [0.25, 0.3) is 0 Å². The zero-order valence-corrected chi connectivity index (χ0v) is 10.3. The van der Waals surface area contributed by atoms with Crippen molar-refractivity contribution in [1.82, 2.24) is 15.0 Å². The van der Waals surface area contributed by atoms with Gasteiger partial charge in [-0.1, -0.05) is 24.3 Å². The topological polar surface area (TPSA) is 54.5 Å². The van der Waals surface area contributed by atoms with Gasteiger partial charge in [0.1, 0.15) is 6.07 Å². The predicted octanol–water partition coefficient (Wildman–Crippen LogP) is 2.58. The zero-order chi connectivity index (χ0) is 12.5. The molecular weight excluding hydrogens is 224 g/mol. The maximum Gasteiger partial charge on any atom is 0.186 e. The van der Waals surface area contributed by atoms with E-state index in [1.807, 2.05) is 16.8 Å². The molecule has 0 aliphatic heterocycles. The highest BCUT2D eigenvalue weighted by Crippen LogP contribution is 2.41. The third kappa shape index (κ3) is 1.78. The first-order chi connectivity index (χ1) is 8.83. The molecule has 0 radical (unpaired) electrons. The number of aromatic nitrogens is 3. The third-order valence-corrected chi connectivity index (χ3v) is 3.36. The van der Waals surface area contributed by atoms with Crippen LogP contribution in [0.4, 0.5) is 0 Å². The van der Waals surface area contributed by atoms with Gasteiger partial charge in [-0.15, -0.1) is 5.10 Å². The molecule has 0 N–H and O–H groups in total. The average Bonchev–Trinajstić information content (AvgIpc) is 3.18. The fourth-order valence-electron chi connectivity index (χ4n) is 2.16. The Morgan fingerprint density at radius 3 is 2.61 bits per heavy atom. The molecule has 1 aliphatic carbocycles. The van der Waals surface area contributed by atoms with Crippen LogP contribution < -0.4 is 0 Å². The number of benzene rings is 1. The molecule has 1 saturated carbocycles. The van der Waals surface area contributed by atoms with Crippen LogP contribution in [0.5, 0.6) is 0 Å². The normalized spacial score (nSPS) is 14.4. The van der Waals surface area contributed by atoms with Crippen LogP contribution in [0.15, 0.2) is 24.3 Å². The minimum absolute atomic E-state index is 0.459. The van der Waals surface area contributed by atoms with Crippen LogP contribution >= 0.6 is 0 Å². The third-order valence-electron chi connectivity index (χ3n) is 3.36. The lowest BCUT2D eigenvalue weighted by atomic mass is 10.1. The van der Waals surface area contributed by atoms with Crippen molar-refractivity contribution < 1.29 is 0 Å². The summed E-state index contributed by atoms with van der Waals surface area (Å²) < 4.78 is 1.82. The second-order valence-corrected chi connectivity index (χ2v) is 4.64. The first-order valence-corrected chi connectivity index (χ1v) is 6.28. The number of hydrogen-bond donors (Lipinski definition) is 0. The molecule has 4 heteroatoms. The molecule has 0 atom stereocenters. The molecule has 0 saturated heterocycles. The lowest BCUT2D eigenvalue weighted by Gasteiger charge is -2.06. The average molecular weight is 238 g/mol. The van der Waals surface area contributed by atoms with Crippen molar-refractivity contribution in [3.05, 3.63) is 41.2 Å². The second kappa shape index (κ2) is 4.26. The van der Waals surface area contributed by atoms with E-state index in [1.165, 1.54) is 5.56 Å². The SMILES string of the molecule is CCc1ccc(-n2nnc(C#N)c2C2CC2)cc1. The summed E-state index contributed by atoms with van der Waals surface area (Å²) in [6, 6.07) is 10.4. The van der Waals surface area contributed by atoms with Gasteiger partial charge < -0.3 is 0 Å². The van der Waals surface area contributed by atoms with Crippen LogP contribution in [-0.2, 0) is 6.42 Å². The summed E-state index contributed by atoms with van der Waals surface area (Å²) >= 11 is 0. The predicted molar refractivity (Wildman–Crippen MR) is 67.4 cm³/mol. The van der Waals surface area contributed by atoms with Gasteiger partial charge in [0, 0.05) is 5.92 Å². The van der Waals surface area contributed by atoms with Crippen LogP contribution in [0.25, 0.3) is 5.69 Å². The van der Waals surface area contributed by atoms with Crippen molar-refractivity contribution in [3.8, 4) is 11.8 Å². The quantitative estimate of drug-likeness (QED) is 0.825. The Balaban J connectivity index is 2.05. The molecule has 1 aromatic carbocycles. The molecule has 1 aromatic heterocycles. The van der Waals surface area contributed by atoms with Crippen LogP contribution in [-0.4, -0.2) is 15.0 Å². The number of hydrogen-bond acceptors (Lipinski definition) is 3. The Morgan fingerprint density at radius 2 is 2.06 bits per heavy atom. The van der Waals surface area contributed by atoms with Gasteiger partial charge in [-0.3, -0.25) is 0 Å². The van der Waals surface area contributed by atoms with Crippen LogP contribution in [0, 0.1) is 11.3 Å². The minimum atomic E-state index is 0.459. The maximum absolute atomic E-state index is 9.07. The van der Waals surface area contributed by atoms with Crippen LogP contribution in [0.3, 0.4) is 0 Å². The summed E-state index contributed by atoms with van der Waals surface area (Å²) in [6.45, 7) is 2.13. The van der Waals surface area contributed by atoms with E-state index in [1.54, 1.807) is 0 Å². The van der Waals surface area contributed by atoms with Crippen molar-refractivity contribution in [2.75, 3.05) is 0 Å². The Kier molecular flexibility index (Phi) is 2.60. The largest absolute Gasteiger partial charge is 0.216 e. The Labute approximate surface area is 106 Å². The number of nitriles is 1. The van der Waals surface area contributed by atoms with Crippen molar-refractivity contribution in [2.45, 2.75) is 32.1 Å². The molecule has 2 aromatic rings. The molecule has 90 valence electrons. The summed E-state index contributed by atoms with van der Waals surface area (Å²) in [5.41, 5.74) is 3.73. The molecule has 4 nitrogen and oxygen atoms in total. The van der Waals surface area contributed by atoms with E-state index < -0.39 is 0 Å². The Hall–Kier alpha value is -2.15. The smallest absolute Gasteiger partial charge is 0.186 e. The fourth-order valence-corrected chi connectivity index (χ4v) is 2.16. The van der Waals surface area contributed by atoms with E-state index in [0.717, 1.165) is 30.6 Å². The Morgan fingerprint density at radius 1 is 1.33 bits per heavy atom. The Bertz CT molecular complexity index is 600. The summed E-state index contributed by atoms with van der Waals surface area (Å²) in [7, 11) is 0. The highest BCUT2D eigenvalue weighted by Gasteiger charge is 2.31. The van der Waals surface area contributed by atoms with Gasteiger partial charge in [-0.25, -0.2) is 4.68 Å². The molecule has 0 amide bonds. The molecule has 18 heavy (non-hydrogen) atoms. The summed E-state index contributed by atoms with van der Waals surface area (Å²) in [5.74, 6) is 0.459. The van der Waals surface area contributed by atoms with Gasteiger partial charge in [-0.05, 0) is 37.0 Å². The summed E-state index contributed by atoms with van der Waals surface area (Å²) in [5, 5.41) is 17.2. The molecule has 0 bridgehead atoms. The number of rotatable bonds is 3. The van der Waals surface area contributed by atoms with Crippen molar-refractivity contribution >= 4 is 0 Å². The molecule has 1 aliphatic rings. The molecule has 0 spiro atoms. The summed E-state index contributed by atoms with van der Waals surface area (Å²) in [4.78, 5) is 0. The van der Waals surface area contributed by atoms with E-state index in [4.69, 9.17) is 5.26 Å². The maximum atomic E-state index is 9.07. The van der Waals surface area contributed by atoms with E-state index in [2.05, 4.69) is 35.4 Å². The summed E-state index contributed by atoms with van der Waals surface area (Å²) in [6.07, 6.45) is 3.29. The monoisotopic (exact) mass is 238 g/mol.